The molecule has 0 spiro atoms. The minimum Gasteiger partial charge on any atom is -0.456 e. The molecule has 4 nitrogen and oxygen atoms in total. The van der Waals surface area contributed by atoms with Crippen molar-refractivity contribution in [1.82, 2.24) is 0 Å². The molecule has 0 aliphatic rings. The van der Waals surface area contributed by atoms with E-state index in [9.17, 15) is 8.42 Å². The maximum absolute atomic E-state index is 11.7. The van der Waals surface area contributed by atoms with Crippen LogP contribution >= 0.6 is 0 Å². The molecule has 1 N–H and O–H groups in total. The highest BCUT2D eigenvalue weighted by molar-refractivity contribution is 7.90. The van der Waals surface area contributed by atoms with Crippen molar-refractivity contribution < 1.29 is 13.2 Å². The molecule has 2 rings (SSSR count). The van der Waals surface area contributed by atoms with Crippen molar-refractivity contribution in [2.45, 2.75) is 4.90 Å². The summed E-state index contributed by atoms with van der Waals surface area (Å²) in [5.74, 6) is 0.928. The van der Waals surface area contributed by atoms with Gasteiger partial charge in [-0.3, -0.25) is 0 Å². The van der Waals surface area contributed by atoms with Gasteiger partial charge in [0.05, 0.1) is 0 Å². The number of sulfone groups is 1. The van der Waals surface area contributed by atoms with Crippen LogP contribution in [0.1, 0.15) is 0 Å². The van der Waals surface area contributed by atoms with Crippen LogP contribution in [0.15, 0.2) is 53.4 Å². The fourth-order valence-electron chi connectivity index (χ4n) is 1.66. The van der Waals surface area contributed by atoms with Gasteiger partial charge in [-0.15, -0.1) is 0 Å². The highest BCUT2D eigenvalue weighted by atomic mass is 32.2. The van der Waals surface area contributed by atoms with Crippen LogP contribution in [0.4, 0.5) is 5.69 Å². The molecule has 100 valence electrons. The van der Waals surface area contributed by atoms with E-state index in [0.29, 0.717) is 11.5 Å². The first-order chi connectivity index (χ1) is 9.00. The van der Waals surface area contributed by atoms with Crippen molar-refractivity contribution in [3.8, 4) is 11.5 Å². The second-order valence-corrected chi connectivity index (χ2v) is 6.08. The maximum atomic E-state index is 11.7. The van der Waals surface area contributed by atoms with E-state index in [1.54, 1.807) is 30.3 Å². The van der Waals surface area contributed by atoms with E-state index in [4.69, 9.17) is 4.74 Å². The Morgan fingerprint density at radius 3 is 2.21 bits per heavy atom. The largest absolute Gasteiger partial charge is 0.456 e. The average Bonchev–Trinajstić information content (AvgIpc) is 2.39. The molecule has 0 aliphatic heterocycles. The first-order valence-corrected chi connectivity index (χ1v) is 7.64. The molecule has 0 unspecified atom stereocenters. The second kappa shape index (κ2) is 5.32. The van der Waals surface area contributed by atoms with Crippen molar-refractivity contribution in [1.29, 1.82) is 0 Å². The normalized spacial score (nSPS) is 11.1. The Hall–Kier alpha value is -2.01. The zero-order valence-corrected chi connectivity index (χ0v) is 11.6. The van der Waals surface area contributed by atoms with Crippen LogP contribution in [0.3, 0.4) is 0 Å². The van der Waals surface area contributed by atoms with Crippen molar-refractivity contribution in [3.63, 3.8) is 0 Å². The molecule has 0 atom stereocenters. The lowest BCUT2D eigenvalue weighted by atomic mass is 10.3. The molecule has 5 heteroatoms. The summed E-state index contributed by atoms with van der Waals surface area (Å²) in [6.45, 7) is 0. The first kappa shape index (κ1) is 13.4. The van der Waals surface area contributed by atoms with Crippen molar-refractivity contribution in [2.24, 2.45) is 0 Å². The lowest BCUT2D eigenvalue weighted by Gasteiger charge is -2.10. The van der Waals surface area contributed by atoms with Gasteiger partial charge in [0.1, 0.15) is 16.4 Å². The van der Waals surface area contributed by atoms with E-state index in [2.05, 4.69) is 5.32 Å². The molecule has 0 heterocycles. The minimum atomic E-state index is -3.30. The predicted molar refractivity (Wildman–Crippen MR) is 75.6 cm³/mol. The summed E-state index contributed by atoms with van der Waals surface area (Å²) >= 11 is 0. The van der Waals surface area contributed by atoms with E-state index in [1.807, 2.05) is 19.2 Å². The van der Waals surface area contributed by atoms with Crippen LogP contribution in [0.2, 0.25) is 0 Å². The van der Waals surface area contributed by atoms with Crippen molar-refractivity contribution >= 4 is 15.5 Å². The van der Waals surface area contributed by atoms with E-state index in [0.717, 1.165) is 5.69 Å². The second-order valence-electron chi connectivity index (χ2n) is 4.10. The van der Waals surface area contributed by atoms with Crippen LogP contribution in [-0.2, 0) is 9.84 Å². The zero-order valence-electron chi connectivity index (χ0n) is 10.8. The summed E-state index contributed by atoms with van der Waals surface area (Å²) < 4.78 is 28.9. The van der Waals surface area contributed by atoms with Gasteiger partial charge in [0, 0.05) is 19.0 Å². The van der Waals surface area contributed by atoms with Crippen molar-refractivity contribution in [2.75, 3.05) is 18.6 Å². The summed E-state index contributed by atoms with van der Waals surface area (Å²) in [5, 5.41) is 3.00. The number of nitrogens with one attached hydrogen (secondary N) is 1. The number of benzene rings is 2. The molecule has 0 fully saturated rings. The van der Waals surface area contributed by atoms with Crippen LogP contribution in [0.5, 0.6) is 11.5 Å². The number of hydrogen-bond acceptors (Lipinski definition) is 4. The van der Waals surface area contributed by atoms with Gasteiger partial charge in [-0.05, 0) is 36.4 Å². The van der Waals surface area contributed by atoms with Crippen LogP contribution in [0.25, 0.3) is 0 Å². The van der Waals surface area contributed by atoms with Gasteiger partial charge in [0.15, 0.2) is 9.84 Å². The molecule has 19 heavy (non-hydrogen) atoms. The Kier molecular flexibility index (Phi) is 3.76. The smallest absolute Gasteiger partial charge is 0.179 e. The summed E-state index contributed by atoms with van der Waals surface area (Å²) in [4.78, 5) is 0.188. The van der Waals surface area contributed by atoms with Crippen molar-refractivity contribution in [3.05, 3.63) is 48.5 Å². The molecule has 2 aromatic carbocycles. The highest BCUT2D eigenvalue weighted by Crippen LogP contribution is 2.29. The summed E-state index contributed by atoms with van der Waals surface area (Å²) in [5.41, 5.74) is 0.962. The zero-order chi connectivity index (χ0) is 13.9. The Labute approximate surface area is 113 Å². The number of rotatable bonds is 4. The standard InChI is InChI=1S/C14H15NO3S/c1-15-11-7-9-12(10-8-11)18-13-5-3-4-6-14(13)19(2,16)17/h3-10,15H,1-2H3. The lowest BCUT2D eigenvalue weighted by molar-refractivity contribution is 0.468. The van der Waals surface area contributed by atoms with Crippen LogP contribution in [0, 0.1) is 0 Å². The third-order valence-corrected chi connectivity index (χ3v) is 3.76. The molecule has 0 amide bonds. The van der Waals surface area contributed by atoms with E-state index >= 15 is 0 Å². The summed E-state index contributed by atoms with van der Waals surface area (Å²) in [6.07, 6.45) is 1.17. The van der Waals surface area contributed by atoms with Crippen LogP contribution < -0.4 is 10.1 Å². The minimum absolute atomic E-state index is 0.188. The molecule has 0 bridgehead atoms. The number of hydrogen-bond donors (Lipinski definition) is 1. The average molecular weight is 277 g/mol. The fraction of sp³-hybridized carbons (Fsp3) is 0.143. The molecule has 0 aromatic heterocycles. The van der Waals surface area contributed by atoms with Gasteiger partial charge < -0.3 is 10.1 Å². The quantitative estimate of drug-likeness (QED) is 0.933. The Balaban J connectivity index is 2.33. The Morgan fingerprint density at radius 1 is 1.00 bits per heavy atom. The molecular formula is C14H15NO3S. The molecule has 0 aliphatic carbocycles. The number of ether oxygens (including phenoxy) is 1. The topological polar surface area (TPSA) is 55.4 Å². The fourth-order valence-corrected chi connectivity index (χ4v) is 2.46. The van der Waals surface area contributed by atoms with Gasteiger partial charge in [-0.2, -0.15) is 0 Å². The summed E-state index contributed by atoms with van der Waals surface area (Å²) in [6, 6.07) is 13.9. The SMILES string of the molecule is CNc1ccc(Oc2ccccc2S(C)(=O)=O)cc1. The highest BCUT2D eigenvalue weighted by Gasteiger charge is 2.14. The predicted octanol–water partition coefficient (Wildman–Crippen LogP) is 2.92. The van der Waals surface area contributed by atoms with Gasteiger partial charge in [0.25, 0.3) is 0 Å². The molecule has 0 radical (unpaired) electrons. The Morgan fingerprint density at radius 2 is 1.63 bits per heavy atom. The molecule has 2 aromatic rings. The van der Waals surface area contributed by atoms with Gasteiger partial charge >= 0.3 is 0 Å². The third-order valence-electron chi connectivity index (χ3n) is 2.62. The molecular weight excluding hydrogens is 262 g/mol. The first-order valence-electron chi connectivity index (χ1n) is 5.75. The van der Waals surface area contributed by atoms with Gasteiger partial charge in [0.2, 0.25) is 0 Å². The molecule has 0 saturated heterocycles. The number of anilines is 1. The van der Waals surface area contributed by atoms with Gasteiger partial charge in [-0.1, -0.05) is 12.1 Å². The molecule has 0 saturated carbocycles. The van der Waals surface area contributed by atoms with E-state index in [-0.39, 0.29) is 4.90 Å². The third kappa shape index (κ3) is 3.26. The summed E-state index contributed by atoms with van der Waals surface area (Å²) in [7, 11) is -1.48. The van der Waals surface area contributed by atoms with Gasteiger partial charge in [-0.25, -0.2) is 8.42 Å². The van der Waals surface area contributed by atoms with Crippen LogP contribution in [-0.4, -0.2) is 21.7 Å². The lowest BCUT2D eigenvalue weighted by Crippen LogP contribution is -2.00. The monoisotopic (exact) mass is 277 g/mol. The Bertz CT molecular complexity index is 663. The maximum Gasteiger partial charge on any atom is 0.179 e. The van der Waals surface area contributed by atoms with E-state index < -0.39 is 9.84 Å². The van der Waals surface area contributed by atoms with E-state index in [1.165, 1.54) is 12.3 Å². The number of para-hydroxylation sites is 1.